The van der Waals surface area contributed by atoms with Crippen molar-refractivity contribution in [3.05, 3.63) is 35.7 Å². The summed E-state index contributed by atoms with van der Waals surface area (Å²) in [6.07, 6.45) is 1.73. The van der Waals surface area contributed by atoms with Crippen LogP contribution in [0, 0.1) is 0 Å². The number of fused-ring (bicyclic) bond motifs is 1. The number of hydrogen-bond acceptors (Lipinski definition) is 5. The number of nitrogens with one attached hydrogen (secondary N) is 1. The van der Waals surface area contributed by atoms with Crippen LogP contribution in [0.3, 0.4) is 0 Å². The molecule has 0 aliphatic carbocycles. The number of thioether (sulfide) groups is 1. The molecular formula is C15H19N5OS. The molecule has 0 unspecified atom stereocenters. The highest BCUT2D eigenvalue weighted by molar-refractivity contribution is 7.99. The molecule has 1 atom stereocenters. The first kappa shape index (κ1) is 15.0. The maximum absolute atomic E-state index is 12.4. The summed E-state index contributed by atoms with van der Waals surface area (Å²) in [5.41, 5.74) is 2.13. The summed E-state index contributed by atoms with van der Waals surface area (Å²) in [6.45, 7) is 4.08. The molecule has 0 bridgehead atoms. The Morgan fingerprint density at radius 3 is 3.05 bits per heavy atom. The third-order valence-electron chi connectivity index (χ3n) is 3.71. The lowest BCUT2D eigenvalue weighted by atomic mass is 10.1. The second-order valence-electron chi connectivity index (χ2n) is 5.62. The minimum absolute atomic E-state index is 0.0681. The number of rotatable bonds is 4. The lowest BCUT2D eigenvalue weighted by molar-refractivity contribution is -0.115. The lowest BCUT2D eigenvalue weighted by Crippen LogP contribution is -2.24. The first-order chi connectivity index (χ1) is 10.6. The van der Waals surface area contributed by atoms with Crippen molar-refractivity contribution in [1.82, 2.24) is 20.2 Å². The van der Waals surface area contributed by atoms with Gasteiger partial charge in [0.25, 0.3) is 0 Å². The number of aryl methyl sites for hydroxylation is 1. The van der Waals surface area contributed by atoms with Crippen LogP contribution in [0.4, 0.5) is 5.69 Å². The van der Waals surface area contributed by atoms with Gasteiger partial charge < -0.3 is 5.32 Å². The van der Waals surface area contributed by atoms with Crippen molar-refractivity contribution >= 4 is 23.4 Å². The summed E-state index contributed by atoms with van der Waals surface area (Å²) >= 11 is 1.60. The van der Waals surface area contributed by atoms with Crippen LogP contribution in [-0.4, -0.2) is 31.4 Å². The molecule has 6 nitrogen and oxygen atoms in total. The normalized spacial score (nSPS) is 18.0. The topological polar surface area (TPSA) is 72.7 Å². The molecule has 1 amide bonds. The highest BCUT2D eigenvalue weighted by Gasteiger charge is 2.24. The van der Waals surface area contributed by atoms with Gasteiger partial charge in [-0.15, -0.1) is 16.9 Å². The van der Waals surface area contributed by atoms with Crippen molar-refractivity contribution in [2.45, 2.75) is 43.7 Å². The van der Waals surface area contributed by atoms with Crippen molar-refractivity contribution in [3.63, 3.8) is 0 Å². The summed E-state index contributed by atoms with van der Waals surface area (Å²) in [7, 11) is 0. The monoisotopic (exact) mass is 317 g/mol. The van der Waals surface area contributed by atoms with Crippen molar-refractivity contribution in [2.24, 2.45) is 0 Å². The van der Waals surface area contributed by atoms with E-state index in [1.54, 1.807) is 16.4 Å². The molecule has 1 N–H and O–H groups in total. The van der Waals surface area contributed by atoms with Crippen LogP contribution in [0.25, 0.3) is 0 Å². The maximum atomic E-state index is 12.4. The molecule has 1 aliphatic heterocycles. The fraction of sp³-hybridized carbons (Fsp3) is 0.467. The average molecular weight is 317 g/mol. The Kier molecular flexibility index (Phi) is 4.42. The fourth-order valence-corrected chi connectivity index (χ4v) is 3.57. The Labute approximate surface area is 133 Å². The summed E-state index contributed by atoms with van der Waals surface area (Å²) in [5, 5.41) is 14.7. The van der Waals surface area contributed by atoms with Gasteiger partial charge in [-0.1, -0.05) is 18.2 Å². The van der Waals surface area contributed by atoms with E-state index in [-0.39, 0.29) is 17.2 Å². The predicted molar refractivity (Wildman–Crippen MR) is 86.7 cm³/mol. The average Bonchev–Trinajstić information content (AvgIpc) is 2.91. The molecule has 3 rings (SSSR count). The molecule has 0 saturated carbocycles. The number of para-hydroxylation sites is 1. The van der Waals surface area contributed by atoms with Crippen LogP contribution >= 0.6 is 11.8 Å². The van der Waals surface area contributed by atoms with Gasteiger partial charge in [-0.2, -0.15) is 0 Å². The van der Waals surface area contributed by atoms with E-state index in [1.165, 1.54) is 5.56 Å². The maximum Gasteiger partial charge on any atom is 0.237 e. The fourth-order valence-electron chi connectivity index (χ4n) is 2.53. The Morgan fingerprint density at radius 1 is 1.41 bits per heavy atom. The number of tetrazole rings is 1. The van der Waals surface area contributed by atoms with Gasteiger partial charge >= 0.3 is 0 Å². The van der Waals surface area contributed by atoms with Gasteiger partial charge in [0, 0.05) is 5.69 Å². The summed E-state index contributed by atoms with van der Waals surface area (Å²) in [4.78, 5) is 12.4. The third kappa shape index (κ3) is 3.14. The van der Waals surface area contributed by atoms with Gasteiger partial charge in [-0.3, -0.25) is 4.79 Å². The van der Waals surface area contributed by atoms with Gasteiger partial charge in [-0.25, -0.2) is 4.68 Å². The van der Waals surface area contributed by atoms with E-state index in [9.17, 15) is 4.79 Å². The molecule has 22 heavy (non-hydrogen) atoms. The molecular weight excluding hydrogens is 298 g/mol. The zero-order valence-corrected chi connectivity index (χ0v) is 13.5. The summed E-state index contributed by atoms with van der Waals surface area (Å²) < 4.78 is 1.80. The Morgan fingerprint density at radius 2 is 2.23 bits per heavy atom. The molecule has 0 saturated heterocycles. The van der Waals surface area contributed by atoms with Gasteiger partial charge in [0.05, 0.1) is 17.0 Å². The molecule has 116 valence electrons. The van der Waals surface area contributed by atoms with Crippen LogP contribution in [0.15, 0.2) is 24.3 Å². The van der Waals surface area contributed by atoms with Crippen LogP contribution < -0.4 is 5.32 Å². The third-order valence-corrected chi connectivity index (χ3v) is 4.98. The van der Waals surface area contributed by atoms with Gasteiger partial charge in [0.1, 0.15) is 0 Å². The highest BCUT2D eigenvalue weighted by Crippen LogP contribution is 2.28. The standard InChI is InChI=1S/C15H19N5OS/c1-10(2)20-14(17-18-19-20)9-22-13-8-7-11-5-3-4-6-12(11)16-15(13)21/h3-6,10,13H,7-9H2,1-2H3,(H,16,21)/t13-/m0/s1. The van der Waals surface area contributed by atoms with Crippen molar-refractivity contribution in [3.8, 4) is 0 Å². The SMILES string of the molecule is CC(C)n1nnnc1CS[C@H]1CCc2ccccc2NC1=O. The largest absolute Gasteiger partial charge is 0.325 e. The summed E-state index contributed by atoms with van der Waals surface area (Å²) in [5.74, 6) is 1.52. The minimum Gasteiger partial charge on any atom is -0.325 e. The molecule has 0 spiro atoms. The first-order valence-corrected chi connectivity index (χ1v) is 8.47. The number of carbonyl (C=O) groups excluding carboxylic acids is 1. The minimum atomic E-state index is -0.0790. The predicted octanol–water partition coefficient (Wildman–Crippen LogP) is 2.44. The number of hydrogen-bond donors (Lipinski definition) is 1. The van der Waals surface area contributed by atoms with Crippen LogP contribution in [0.5, 0.6) is 0 Å². The number of anilines is 1. The quantitative estimate of drug-likeness (QED) is 0.937. The zero-order valence-electron chi connectivity index (χ0n) is 12.7. The highest BCUT2D eigenvalue weighted by atomic mass is 32.2. The second kappa shape index (κ2) is 6.48. The van der Waals surface area contributed by atoms with E-state index in [0.717, 1.165) is 24.4 Å². The molecule has 0 radical (unpaired) electrons. The van der Waals surface area contributed by atoms with E-state index in [4.69, 9.17) is 0 Å². The Hall–Kier alpha value is -1.89. The molecule has 1 aromatic heterocycles. The van der Waals surface area contributed by atoms with E-state index in [1.807, 2.05) is 32.0 Å². The van der Waals surface area contributed by atoms with E-state index >= 15 is 0 Å². The van der Waals surface area contributed by atoms with Gasteiger partial charge in [-0.05, 0) is 48.7 Å². The Bertz CT molecular complexity index is 669. The number of nitrogens with zero attached hydrogens (tertiary/aromatic N) is 4. The van der Waals surface area contributed by atoms with Crippen molar-refractivity contribution in [1.29, 1.82) is 0 Å². The smallest absolute Gasteiger partial charge is 0.237 e. The molecule has 0 fully saturated rings. The molecule has 1 aromatic carbocycles. The first-order valence-electron chi connectivity index (χ1n) is 7.42. The van der Waals surface area contributed by atoms with E-state index in [2.05, 4.69) is 26.9 Å². The van der Waals surface area contributed by atoms with E-state index in [0.29, 0.717) is 5.75 Å². The van der Waals surface area contributed by atoms with Crippen LogP contribution in [0.1, 0.15) is 37.7 Å². The van der Waals surface area contributed by atoms with Gasteiger partial charge in [0.2, 0.25) is 5.91 Å². The molecule has 7 heteroatoms. The number of aromatic nitrogens is 4. The number of benzene rings is 1. The summed E-state index contributed by atoms with van der Waals surface area (Å²) in [6, 6.07) is 8.21. The second-order valence-corrected chi connectivity index (χ2v) is 6.81. The number of carbonyl (C=O) groups is 1. The molecule has 1 aliphatic rings. The molecule has 2 heterocycles. The van der Waals surface area contributed by atoms with Crippen molar-refractivity contribution in [2.75, 3.05) is 5.32 Å². The lowest BCUT2D eigenvalue weighted by Gasteiger charge is -2.13. The van der Waals surface area contributed by atoms with E-state index < -0.39 is 0 Å². The zero-order chi connectivity index (χ0) is 15.5. The van der Waals surface area contributed by atoms with Crippen LogP contribution in [-0.2, 0) is 17.0 Å². The van der Waals surface area contributed by atoms with Crippen LogP contribution in [0.2, 0.25) is 0 Å². The Balaban J connectivity index is 1.66. The number of amides is 1. The van der Waals surface area contributed by atoms with Gasteiger partial charge in [0.15, 0.2) is 5.82 Å². The molecule has 2 aromatic rings. The van der Waals surface area contributed by atoms with Crippen molar-refractivity contribution < 1.29 is 4.79 Å².